The van der Waals surface area contributed by atoms with Gasteiger partial charge in [-0.25, -0.2) is 0 Å². The SMILES string of the molecule is [O-][S+](NCCBr)c1ccc(Cl)cc1. The molecule has 72 valence electrons. The van der Waals surface area contributed by atoms with Crippen LogP contribution < -0.4 is 4.72 Å². The second-order valence-corrected chi connectivity index (χ2v) is 4.83. The number of nitrogens with one attached hydrogen (secondary N) is 1. The van der Waals surface area contributed by atoms with E-state index >= 15 is 0 Å². The van der Waals surface area contributed by atoms with Crippen LogP contribution in [0.1, 0.15) is 0 Å². The zero-order valence-corrected chi connectivity index (χ0v) is 9.95. The lowest BCUT2D eigenvalue weighted by molar-refractivity contribution is 0.583. The predicted octanol–water partition coefficient (Wildman–Crippen LogP) is 2.35. The van der Waals surface area contributed by atoms with Crippen LogP contribution in [0.3, 0.4) is 0 Å². The summed E-state index contributed by atoms with van der Waals surface area (Å²) in [5, 5.41) is 1.44. The van der Waals surface area contributed by atoms with Gasteiger partial charge in [0.2, 0.25) is 0 Å². The largest absolute Gasteiger partial charge is 0.593 e. The first-order chi connectivity index (χ1) is 6.24. The maximum atomic E-state index is 11.5. The molecule has 0 aliphatic carbocycles. The molecule has 0 heterocycles. The number of halogens is 2. The van der Waals surface area contributed by atoms with Gasteiger partial charge in [-0.2, -0.15) is 0 Å². The Hall–Kier alpha value is 0.260. The van der Waals surface area contributed by atoms with Crippen LogP contribution in [0.2, 0.25) is 5.02 Å². The maximum Gasteiger partial charge on any atom is 0.174 e. The lowest BCUT2D eigenvalue weighted by atomic mass is 10.4. The normalized spacial score (nSPS) is 12.8. The van der Waals surface area contributed by atoms with Crippen molar-refractivity contribution in [3.05, 3.63) is 29.3 Å². The van der Waals surface area contributed by atoms with E-state index in [-0.39, 0.29) is 0 Å². The fourth-order valence-corrected chi connectivity index (χ4v) is 2.20. The number of benzene rings is 1. The number of rotatable bonds is 4. The molecule has 1 N–H and O–H groups in total. The summed E-state index contributed by atoms with van der Waals surface area (Å²) in [5.74, 6) is 0. The van der Waals surface area contributed by atoms with Crippen LogP contribution in [0, 0.1) is 0 Å². The van der Waals surface area contributed by atoms with Gasteiger partial charge in [-0.1, -0.05) is 27.5 Å². The molecule has 1 atom stereocenters. The van der Waals surface area contributed by atoms with Crippen molar-refractivity contribution in [3.8, 4) is 0 Å². The molecule has 0 amide bonds. The third kappa shape index (κ3) is 3.87. The Morgan fingerprint density at radius 2 is 2.00 bits per heavy atom. The molecular weight excluding hydrogens is 274 g/mol. The topological polar surface area (TPSA) is 35.1 Å². The number of alkyl halides is 1. The monoisotopic (exact) mass is 281 g/mol. The standard InChI is InChI=1S/C8H9BrClNOS/c9-5-6-11-13(12)8-3-1-7(10)2-4-8/h1-4,11H,5-6H2. The summed E-state index contributed by atoms with van der Waals surface area (Å²) in [4.78, 5) is 0.741. The molecule has 0 spiro atoms. The van der Waals surface area contributed by atoms with Crippen molar-refractivity contribution >= 4 is 38.9 Å². The summed E-state index contributed by atoms with van der Waals surface area (Å²) in [7, 11) is 0. The Morgan fingerprint density at radius 3 is 2.54 bits per heavy atom. The molecule has 0 aliphatic rings. The summed E-state index contributed by atoms with van der Waals surface area (Å²) in [6.07, 6.45) is 0. The van der Waals surface area contributed by atoms with Crippen LogP contribution in [0.25, 0.3) is 0 Å². The highest BCUT2D eigenvalue weighted by molar-refractivity contribution is 9.09. The van der Waals surface area contributed by atoms with Gasteiger partial charge in [0.15, 0.2) is 4.90 Å². The lowest BCUT2D eigenvalue weighted by Gasteiger charge is -2.08. The fourth-order valence-electron chi connectivity index (χ4n) is 0.773. The van der Waals surface area contributed by atoms with Gasteiger partial charge in [-0.3, -0.25) is 0 Å². The molecular formula is C8H9BrClNOS. The number of hydrogen-bond acceptors (Lipinski definition) is 2. The molecule has 5 heteroatoms. The fraction of sp³-hybridized carbons (Fsp3) is 0.250. The zero-order chi connectivity index (χ0) is 9.68. The van der Waals surface area contributed by atoms with Gasteiger partial charge in [0.25, 0.3) is 0 Å². The molecule has 1 unspecified atom stereocenters. The van der Waals surface area contributed by atoms with E-state index in [1.807, 2.05) is 0 Å². The highest BCUT2D eigenvalue weighted by Crippen LogP contribution is 2.13. The average Bonchev–Trinajstić information content (AvgIpc) is 2.15. The molecule has 0 fully saturated rings. The van der Waals surface area contributed by atoms with Crippen LogP contribution in [0.15, 0.2) is 29.2 Å². The highest BCUT2D eigenvalue weighted by atomic mass is 79.9. The molecule has 1 aromatic carbocycles. The van der Waals surface area contributed by atoms with Crippen molar-refractivity contribution < 1.29 is 4.55 Å². The molecule has 0 aromatic heterocycles. The third-order valence-electron chi connectivity index (χ3n) is 1.36. The Balaban J connectivity index is 2.55. The summed E-state index contributed by atoms with van der Waals surface area (Å²) >= 11 is 7.81. The van der Waals surface area contributed by atoms with Crippen LogP contribution in [0.4, 0.5) is 0 Å². The van der Waals surface area contributed by atoms with Crippen LogP contribution in [0.5, 0.6) is 0 Å². The van der Waals surface area contributed by atoms with Crippen molar-refractivity contribution in [2.45, 2.75) is 4.90 Å². The van der Waals surface area contributed by atoms with E-state index in [0.29, 0.717) is 11.6 Å². The van der Waals surface area contributed by atoms with Gasteiger partial charge in [0.1, 0.15) is 0 Å². The first-order valence-electron chi connectivity index (χ1n) is 3.71. The van der Waals surface area contributed by atoms with Gasteiger partial charge in [-0.05, 0) is 24.3 Å². The van der Waals surface area contributed by atoms with Gasteiger partial charge in [0, 0.05) is 10.4 Å². The second kappa shape index (κ2) is 5.88. The van der Waals surface area contributed by atoms with Crippen LogP contribution >= 0.6 is 27.5 Å². The second-order valence-electron chi connectivity index (χ2n) is 2.31. The van der Waals surface area contributed by atoms with E-state index in [0.717, 1.165) is 10.2 Å². The van der Waals surface area contributed by atoms with Crippen molar-refractivity contribution in [1.82, 2.24) is 4.72 Å². The van der Waals surface area contributed by atoms with E-state index in [2.05, 4.69) is 20.7 Å². The first-order valence-corrected chi connectivity index (χ1v) is 6.36. The quantitative estimate of drug-likeness (QED) is 0.679. The molecule has 0 saturated heterocycles. The van der Waals surface area contributed by atoms with Crippen molar-refractivity contribution in [2.75, 3.05) is 11.9 Å². The molecule has 1 rings (SSSR count). The zero-order valence-electron chi connectivity index (χ0n) is 6.80. The summed E-state index contributed by atoms with van der Waals surface area (Å²) in [5.41, 5.74) is 0. The Bertz CT molecular complexity index is 257. The molecule has 0 bridgehead atoms. The first kappa shape index (κ1) is 11.3. The van der Waals surface area contributed by atoms with Crippen molar-refractivity contribution in [2.24, 2.45) is 0 Å². The van der Waals surface area contributed by atoms with Crippen LogP contribution in [-0.2, 0) is 11.4 Å². The Kier molecular flexibility index (Phi) is 5.13. The summed E-state index contributed by atoms with van der Waals surface area (Å²) < 4.78 is 14.3. The van der Waals surface area contributed by atoms with E-state index in [1.54, 1.807) is 24.3 Å². The van der Waals surface area contributed by atoms with Gasteiger partial charge < -0.3 is 4.55 Å². The molecule has 0 aliphatic heterocycles. The minimum Gasteiger partial charge on any atom is -0.593 e. The maximum absolute atomic E-state index is 11.5. The van der Waals surface area contributed by atoms with Gasteiger partial charge >= 0.3 is 0 Å². The van der Waals surface area contributed by atoms with Crippen LogP contribution in [-0.4, -0.2) is 16.4 Å². The van der Waals surface area contributed by atoms with Gasteiger partial charge in [-0.15, -0.1) is 4.72 Å². The van der Waals surface area contributed by atoms with Crippen molar-refractivity contribution in [1.29, 1.82) is 0 Å². The predicted molar refractivity (Wildman–Crippen MR) is 59.7 cm³/mol. The highest BCUT2D eigenvalue weighted by Gasteiger charge is 2.08. The molecule has 13 heavy (non-hydrogen) atoms. The lowest BCUT2D eigenvalue weighted by Crippen LogP contribution is -2.25. The molecule has 0 saturated carbocycles. The Morgan fingerprint density at radius 1 is 1.38 bits per heavy atom. The smallest absolute Gasteiger partial charge is 0.174 e. The van der Waals surface area contributed by atoms with E-state index in [9.17, 15) is 4.55 Å². The minimum absolute atomic E-state index is 0.654. The minimum atomic E-state index is -1.13. The number of hydrogen-bond donors (Lipinski definition) is 1. The molecule has 0 radical (unpaired) electrons. The summed E-state index contributed by atoms with van der Waals surface area (Å²) in [6, 6.07) is 6.95. The van der Waals surface area contributed by atoms with Gasteiger partial charge in [0.05, 0.1) is 17.9 Å². The van der Waals surface area contributed by atoms with E-state index < -0.39 is 11.4 Å². The third-order valence-corrected chi connectivity index (χ3v) is 3.17. The molecule has 2 nitrogen and oxygen atoms in total. The summed E-state index contributed by atoms with van der Waals surface area (Å²) in [6.45, 7) is 0.676. The van der Waals surface area contributed by atoms with Crippen molar-refractivity contribution in [3.63, 3.8) is 0 Å². The molecule has 1 aromatic rings. The van der Waals surface area contributed by atoms with E-state index in [4.69, 9.17) is 11.6 Å². The Labute approximate surface area is 94.1 Å². The van der Waals surface area contributed by atoms with E-state index in [1.165, 1.54) is 0 Å². The average molecular weight is 283 g/mol.